The van der Waals surface area contributed by atoms with E-state index in [1.807, 2.05) is 13.0 Å². The number of methoxy groups -OCH3 is 2. The fourth-order valence-electron chi connectivity index (χ4n) is 3.27. The molecule has 0 fully saturated rings. The van der Waals surface area contributed by atoms with E-state index < -0.39 is 29.7 Å². The van der Waals surface area contributed by atoms with E-state index in [0.717, 1.165) is 14.7 Å². The Morgan fingerprint density at radius 3 is 2.48 bits per heavy atom. The molecule has 162 valence electrons. The van der Waals surface area contributed by atoms with Gasteiger partial charge in [0.2, 0.25) is 5.91 Å². The maximum Gasteiger partial charge on any atom is 0.338 e. The molecule has 0 aliphatic carbocycles. The maximum atomic E-state index is 13.1. The van der Waals surface area contributed by atoms with Crippen LogP contribution in [-0.2, 0) is 23.1 Å². The third-order valence-electron chi connectivity index (χ3n) is 4.76. The Labute approximate surface area is 177 Å². The van der Waals surface area contributed by atoms with E-state index in [1.54, 1.807) is 19.1 Å². The molecule has 1 N–H and O–H groups in total. The molecule has 0 radical (unpaired) electrons. The molecule has 0 unspecified atom stereocenters. The van der Waals surface area contributed by atoms with Crippen molar-refractivity contribution in [2.45, 2.75) is 20.4 Å². The van der Waals surface area contributed by atoms with Crippen molar-refractivity contribution in [3.05, 3.63) is 61.9 Å². The van der Waals surface area contributed by atoms with Gasteiger partial charge >= 0.3 is 11.7 Å². The molecule has 3 aromatic rings. The minimum Gasteiger partial charge on any atom is -0.495 e. The predicted octanol–water partition coefficient (Wildman–Crippen LogP) is 1.15. The number of benzene rings is 1. The number of carbonyl (C=O) groups is 2. The highest BCUT2D eigenvalue weighted by Gasteiger charge is 2.22. The first-order chi connectivity index (χ1) is 14.7. The van der Waals surface area contributed by atoms with Gasteiger partial charge in [0.05, 0.1) is 30.9 Å². The molecular weight excluding hydrogens is 404 g/mol. The van der Waals surface area contributed by atoms with Gasteiger partial charge in [0.1, 0.15) is 17.9 Å². The van der Waals surface area contributed by atoms with Gasteiger partial charge in [0.15, 0.2) is 0 Å². The number of ether oxygens (including phenoxy) is 2. The minimum absolute atomic E-state index is 0.0277. The number of pyridine rings is 1. The van der Waals surface area contributed by atoms with Crippen LogP contribution < -0.4 is 21.3 Å². The predicted molar refractivity (Wildman–Crippen MR) is 114 cm³/mol. The highest BCUT2D eigenvalue weighted by Crippen LogP contribution is 2.25. The second kappa shape index (κ2) is 8.42. The number of aryl methyl sites for hydroxylation is 3. The summed E-state index contributed by atoms with van der Waals surface area (Å²) in [6, 6.07) is 6.63. The van der Waals surface area contributed by atoms with Crippen molar-refractivity contribution >= 4 is 28.6 Å². The van der Waals surface area contributed by atoms with Crippen LogP contribution in [0, 0.1) is 13.8 Å². The summed E-state index contributed by atoms with van der Waals surface area (Å²) in [6.07, 6.45) is 0. The summed E-state index contributed by atoms with van der Waals surface area (Å²) in [4.78, 5) is 55.0. The molecule has 0 spiro atoms. The second-order valence-corrected chi connectivity index (χ2v) is 6.99. The minimum atomic E-state index is -0.808. The second-order valence-electron chi connectivity index (χ2n) is 6.99. The van der Waals surface area contributed by atoms with Crippen LogP contribution in [-0.4, -0.2) is 40.2 Å². The molecule has 1 aromatic carbocycles. The van der Waals surface area contributed by atoms with Crippen molar-refractivity contribution in [2.24, 2.45) is 7.05 Å². The summed E-state index contributed by atoms with van der Waals surface area (Å²) in [5.41, 5.74) is 0.191. The lowest BCUT2D eigenvalue weighted by atomic mass is 10.1. The standard InChI is InChI=1S/C21H22N4O6/c1-11-6-7-15(30-4)14(8-11)23-16(26)10-25-19(27)17-13(20(28)31-5)9-12(2)22-18(17)24(3)21(25)29/h6-9H,10H2,1-5H3,(H,23,26). The lowest BCUT2D eigenvalue weighted by Gasteiger charge is -2.14. The molecule has 10 heteroatoms. The lowest BCUT2D eigenvalue weighted by molar-refractivity contribution is -0.116. The van der Waals surface area contributed by atoms with Gasteiger partial charge in [0.25, 0.3) is 5.56 Å². The fourth-order valence-corrected chi connectivity index (χ4v) is 3.27. The fraction of sp³-hybridized carbons (Fsp3) is 0.286. The number of rotatable bonds is 5. The summed E-state index contributed by atoms with van der Waals surface area (Å²) in [5.74, 6) is -0.917. The van der Waals surface area contributed by atoms with Crippen LogP contribution in [0.1, 0.15) is 21.6 Å². The normalized spacial score (nSPS) is 10.7. The Morgan fingerprint density at radius 1 is 1.13 bits per heavy atom. The van der Waals surface area contributed by atoms with E-state index in [-0.39, 0.29) is 16.6 Å². The summed E-state index contributed by atoms with van der Waals surface area (Å²) < 4.78 is 11.9. The van der Waals surface area contributed by atoms with E-state index in [0.29, 0.717) is 17.1 Å². The number of anilines is 1. The van der Waals surface area contributed by atoms with Crippen LogP contribution in [0.4, 0.5) is 5.69 Å². The Morgan fingerprint density at radius 2 is 1.84 bits per heavy atom. The van der Waals surface area contributed by atoms with Crippen LogP contribution in [0.15, 0.2) is 33.9 Å². The van der Waals surface area contributed by atoms with Crippen LogP contribution in [0.2, 0.25) is 0 Å². The van der Waals surface area contributed by atoms with Gasteiger partial charge in [-0.15, -0.1) is 0 Å². The summed E-state index contributed by atoms with van der Waals surface area (Å²) >= 11 is 0. The first kappa shape index (κ1) is 21.8. The Bertz CT molecular complexity index is 1320. The average molecular weight is 426 g/mol. The molecule has 2 heterocycles. The monoisotopic (exact) mass is 426 g/mol. The van der Waals surface area contributed by atoms with Gasteiger partial charge in [-0.05, 0) is 37.6 Å². The number of aromatic nitrogens is 3. The smallest absolute Gasteiger partial charge is 0.338 e. The highest BCUT2D eigenvalue weighted by molar-refractivity contribution is 6.02. The van der Waals surface area contributed by atoms with Gasteiger partial charge in [-0.1, -0.05) is 6.07 Å². The summed E-state index contributed by atoms with van der Waals surface area (Å²) in [7, 11) is 4.07. The van der Waals surface area contributed by atoms with E-state index in [2.05, 4.69) is 10.3 Å². The van der Waals surface area contributed by atoms with Crippen molar-refractivity contribution in [1.29, 1.82) is 0 Å². The molecule has 0 saturated carbocycles. The third kappa shape index (κ3) is 4.04. The number of esters is 1. The molecule has 0 aliphatic heterocycles. The molecule has 10 nitrogen and oxygen atoms in total. The molecule has 0 aliphatic rings. The van der Waals surface area contributed by atoms with Crippen molar-refractivity contribution in [1.82, 2.24) is 14.1 Å². The Hall–Kier alpha value is -3.95. The average Bonchev–Trinajstić information content (AvgIpc) is 2.74. The number of nitrogens with one attached hydrogen (secondary N) is 1. The summed E-state index contributed by atoms with van der Waals surface area (Å²) in [5, 5.41) is 2.55. The molecule has 0 atom stereocenters. The number of amides is 1. The maximum absolute atomic E-state index is 13.1. The topological polar surface area (TPSA) is 122 Å². The molecule has 0 bridgehead atoms. The van der Waals surface area contributed by atoms with Gasteiger partial charge in [-0.3, -0.25) is 18.7 Å². The number of nitrogens with zero attached hydrogens (tertiary/aromatic N) is 3. The van der Waals surface area contributed by atoms with E-state index >= 15 is 0 Å². The van der Waals surface area contributed by atoms with Crippen LogP contribution in [0.5, 0.6) is 5.75 Å². The zero-order chi connectivity index (χ0) is 22.9. The van der Waals surface area contributed by atoms with Gasteiger partial charge in [-0.25, -0.2) is 14.6 Å². The Kier molecular flexibility index (Phi) is 5.91. The summed E-state index contributed by atoms with van der Waals surface area (Å²) in [6.45, 7) is 2.92. The molecule has 1 amide bonds. The quantitative estimate of drug-likeness (QED) is 0.607. The van der Waals surface area contributed by atoms with Crippen molar-refractivity contribution in [3.63, 3.8) is 0 Å². The molecular formula is C21H22N4O6. The van der Waals surface area contributed by atoms with Gasteiger partial charge in [0, 0.05) is 12.7 Å². The van der Waals surface area contributed by atoms with Gasteiger partial charge < -0.3 is 14.8 Å². The lowest BCUT2D eigenvalue weighted by Crippen LogP contribution is -2.42. The van der Waals surface area contributed by atoms with Crippen LogP contribution in [0.3, 0.4) is 0 Å². The first-order valence-electron chi connectivity index (χ1n) is 9.32. The van der Waals surface area contributed by atoms with Crippen molar-refractivity contribution < 1.29 is 19.1 Å². The van der Waals surface area contributed by atoms with E-state index in [4.69, 9.17) is 9.47 Å². The number of fused-ring (bicyclic) bond motifs is 1. The molecule has 0 saturated heterocycles. The first-order valence-corrected chi connectivity index (χ1v) is 9.32. The molecule has 2 aromatic heterocycles. The van der Waals surface area contributed by atoms with Gasteiger partial charge in [-0.2, -0.15) is 0 Å². The SMILES string of the molecule is COC(=O)c1cc(C)nc2c1c(=O)n(CC(=O)Nc1cc(C)ccc1OC)c(=O)n2C. The van der Waals surface area contributed by atoms with Crippen molar-refractivity contribution in [3.8, 4) is 5.75 Å². The largest absolute Gasteiger partial charge is 0.495 e. The number of carbonyl (C=O) groups excluding carboxylic acids is 2. The Balaban J connectivity index is 2.11. The highest BCUT2D eigenvalue weighted by atomic mass is 16.5. The van der Waals surface area contributed by atoms with E-state index in [9.17, 15) is 19.2 Å². The van der Waals surface area contributed by atoms with Crippen LogP contribution >= 0.6 is 0 Å². The van der Waals surface area contributed by atoms with Crippen LogP contribution in [0.25, 0.3) is 11.0 Å². The zero-order valence-corrected chi connectivity index (χ0v) is 17.8. The van der Waals surface area contributed by atoms with E-state index in [1.165, 1.54) is 27.3 Å². The zero-order valence-electron chi connectivity index (χ0n) is 17.8. The number of hydrogen-bond acceptors (Lipinski definition) is 7. The number of hydrogen-bond donors (Lipinski definition) is 1. The van der Waals surface area contributed by atoms with Crippen molar-refractivity contribution in [2.75, 3.05) is 19.5 Å². The third-order valence-corrected chi connectivity index (χ3v) is 4.76. The molecule has 31 heavy (non-hydrogen) atoms. The molecule has 3 rings (SSSR count).